The van der Waals surface area contributed by atoms with Crippen LogP contribution in [0.3, 0.4) is 0 Å². The molecule has 1 atom stereocenters. The minimum Gasteiger partial charge on any atom is -0.358 e. The highest BCUT2D eigenvalue weighted by molar-refractivity contribution is 7.92. The highest BCUT2D eigenvalue weighted by Crippen LogP contribution is 2.40. The van der Waals surface area contributed by atoms with Crippen LogP contribution in [-0.2, 0) is 9.84 Å². The molecule has 0 aliphatic rings. The fourth-order valence-electron chi connectivity index (χ4n) is 1.39. The van der Waals surface area contributed by atoms with Crippen molar-refractivity contribution < 1.29 is 13.3 Å². The molecular weight excluding hydrogens is 276 g/mol. The smallest absolute Gasteiger partial charge is 0.305 e. The number of thiophene rings is 1. The molecule has 1 rings (SSSR count). The molecule has 0 saturated carbocycles. The lowest BCUT2D eigenvalue weighted by molar-refractivity contribution is -0.383. The Morgan fingerprint density at radius 2 is 2.11 bits per heavy atom. The summed E-state index contributed by atoms with van der Waals surface area (Å²) in [5, 5.41) is 11.4. The molecule has 0 saturated heterocycles. The van der Waals surface area contributed by atoms with Gasteiger partial charge in [0.15, 0.2) is 14.8 Å². The summed E-state index contributed by atoms with van der Waals surface area (Å²) in [6.45, 7) is 3.90. The van der Waals surface area contributed by atoms with Gasteiger partial charge in [0.25, 0.3) is 0 Å². The van der Waals surface area contributed by atoms with Crippen molar-refractivity contribution >= 4 is 31.9 Å². The Labute approximate surface area is 110 Å². The van der Waals surface area contributed by atoms with E-state index >= 15 is 0 Å². The number of hydrogen-bond acceptors (Lipinski definition) is 6. The Kier molecular flexibility index (Phi) is 4.33. The van der Waals surface area contributed by atoms with Crippen molar-refractivity contribution in [3.8, 4) is 0 Å². The Hall–Kier alpha value is -1.15. The van der Waals surface area contributed by atoms with Crippen LogP contribution in [0.15, 0.2) is 10.3 Å². The molecule has 0 fully saturated rings. The van der Waals surface area contributed by atoms with E-state index in [2.05, 4.69) is 0 Å². The molecule has 0 amide bonds. The van der Waals surface area contributed by atoms with Crippen LogP contribution in [0.4, 0.5) is 10.7 Å². The second-order valence-electron chi connectivity index (χ2n) is 4.15. The molecule has 0 aromatic carbocycles. The number of sulfone groups is 1. The molecule has 1 aromatic rings. The summed E-state index contributed by atoms with van der Waals surface area (Å²) in [6, 6.07) is 1.24. The Morgan fingerprint density at radius 3 is 2.50 bits per heavy atom. The zero-order chi connectivity index (χ0) is 14.1. The van der Waals surface area contributed by atoms with Gasteiger partial charge in [-0.1, -0.05) is 18.3 Å². The van der Waals surface area contributed by atoms with Crippen LogP contribution in [0.1, 0.15) is 20.3 Å². The standard InChI is InChI=1S/C10H16N2O4S2/c1-5-7(2)11(3)10-8(12(13)14)6-9(17-10)18(4,15)16/h6-7H,5H2,1-4H3/t7-/m1/s1. The third-order valence-corrected chi connectivity index (χ3v) is 5.82. The summed E-state index contributed by atoms with van der Waals surface area (Å²) in [6.07, 6.45) is 1.87. The Bertz CT molecular complexity index is 550. The minimum absolute atomic E-state index is 0.0272. The van der Waals surface area contributed by atoms with Gasteiger partial charge in [0.2, 0.25) is 0 Å². The van der Waals surface area contributed by atoms with Gasteiger partial charge in [-0.3, -0.25) is 10.1 Å². The molecule has 102 valence electrons. The van der Waals surface area contributed by atoms with E-state index < -0.39 is 14.8 Å². The first kappa shape index (κ1) is 14.9. The van der Waals surface area contributed by atoms with Crippen LogP contribution in [0.25, 0.3) is 0 Å². The Morgan fingerprint density at radius 1 is 1.56 bits per heavy atom. The third kappa shape index (κ3) is 2.99. The van der Waals surface area contributed by atoms with Gasteiger partial charge >= 0.3 is 5.69 Å². The van der Waals surface area contributed by atoms with E-state index in [1.54, 1.807) is 11.9 Å². The van der Waals surface area contributed by atoms with Gasteiger partial charge in [-0.15, -0.1) is 0 Å². The fraction of sp³-hybridized carbons (Fsp3) is 0.600. The van der Waals surface area contributed by atoms with Gasteiger partial charge in [-0.2, -0.15) is 0 Å². The van der Waals surface area contributed by atoms with E-state index in [0.717, 1.165) is 30.1 Å². The molecule has 0 unspecified atom stereocenters. The minimum atomic E-state index is -3.42. The van der Waals surface area contributed by atoms with Crippen LogP contribution < -0.4 is 4.90 Å². The molecule has 8 heteroatoms. The first-order valence-electron chi connectivity index (χ1n) is 5.39. The SMILES string of the molecule is CC[C@@H](C)N(C)c1sc(S(C)(=O)=O)cc1[N+](=O)[O-]. The maximum absolute atomic E-state index is 11.5. The van der Waals surface area contributed by atoms with E-state index in [4.69, 9.17) is 0 Å². The van der Waals surface area contributed by atoms with Crippen molar-refractivity contribution in [2.24, 2.45) is 0 Å². The number of nitro groups is 1. The first-order valence-corrected chi connectivity index (χ1v) is 8.10. The number of anilines is 1. The summed E-state index contributed by atoms with van der Waals surface area (Å²) in [5.41, 5.74) is -0.150. The molecule has 0 bridgehead atoms. The lowest BCUT2D eigenvalue weighted by Crippen LogP contribution is -2.27. The highest BCUT2D eigenvalue weighted by Gasteiger charge is 2.27. The Balaban J connectivity index is 3.34. The summed E-state index contributed by atoms with van der Waals surface area (Å²) >= 11 is 0.943. The predicted octanol–water partition coefficient (Wildman–Crippen LogP) is 2.29. The molecule has 0 spiro atoms. The summed E-state index contributed by atoms with van der Waals surface area (Å²) < 4.78 is 22.9. The van der Waals surface area contributed by atoms with Gasteiger partial charge in [0.05, 0.1) is 4.92 Å². The number of hydrogen-bond donors (Lipinski definition) is 0. The monoisotopic (exact) mass is 292 g/mol. The van der Waals surface area contributed by atoms with E-state index in [1.807, 2.05) is 13.8 Å². The van der Waals surface area contributed by atoms with Crippen LogP contribution >= 0.6 is 11.3 Å². The first-order chi connectivity index (χ1) is 8.18. The van der Waals surface area contributed by atoms with Gasteiger partial charge in [0.1, 0.15) is 4.21 Å². The summed E-state index contributed by atoms with van der Waals surface area (Å²) in [7, 11) is -1.68. The summed E-state index contributed by atoms with van der Waals surface area (Å²) in [4.78, 5) is 12.2. The van der Waals surface area contributed by atoms with E-state index in [1.165, 1.54) is 0 Å². The van der Waals surface area contributed by atoms with Crippen LogP contribution in [0.2, 0.25) is 0 Å². The quantitative estimate of drug-likeness (QED) is 0.614. The third-order valence-electron chi connectivity index (χ3n) is 2.81. The zero-order valence-corrected chi connectivity index (χ0v) is 12.3. The van der Waals surface area contributed by atoms with Gasteiger partial charge in [-0.05, 0) is 13.3 Å². The van der Waals surface area contributed by atoms with Crippen LogP contribution in [0, 0.1) is 10.1 Å². The molecule has 0 aliphatic carbocycles. The molecule has 0 radical (unpaired) electrons. The predicted molar refractivity (Wildman–Crippen MR) is 72.2 cm³/mol. The van der Waals surface area contributed by atoms with E-state index in [9.17, 15) is 18.5 Å². The van der Waals surface area contributed by atoms with Crippen LogP contribution in [-0.4, -0.2) is 32.7 Å². The van der Waals surface area contributed by atoms with Gasteiger partial charge in [-0.25, -0.2) is 8.42 Å². The van der Waals surface area contributed by atoms with Crippen molar-refractivity contribution in [1.29, 1.82) is 0 Å². The fourth-order valence-corrected chi connectivity index (χ4v) is 3.48. The molecular formula is C10H16N2O4S2. The maximum Gasteiger partial charge on any atom is 0.305 e. The van der Waals surface area contributed by atoms with E-state index in [0.29, 0.717) is 5.00 Å². The normalized spacial score (nSPS) is 13.3. The number of rotatable bonds is 5. The summed E-state index contributed by atoms with van der Waals surface area (Å²) in [5.74, 6) is 0. The molecule has 1 aromatic heterocycles. The molecule has 0 N–H and O–H groups in total. The van der Waals surface area contributed by atoms with Crippen molar-refractivity contribution in [1.82, 2.24) is 0 Å². The lowest BCUT2D eigenvalue weighted by Gasteiger charge is -2.23. The van der Waals surface area contributed by atoms with E-state index in [-0.39, 0.29) is 15.9 Å². The largest absolute Gasteiger partial charge is 0.358 e. The van der Waals surface area contributed by atoms with Crippen molar-refractivity contribution in [2.45, 2.75) is 30.5 Å². The second kappa shape index (κ2) is 5.23. The van der Waals surface area contributed by atoms with Gasteiger partial charge < -0.3 is 4.90 Å². The second-order valence-corrected chi connectivity index (χ2v) is 7.43. The van der Waals surface area contributed by atoms with Crippen LogP contribution in [0.5, 0.6) is 0 Å². The average molecular weight is 292 g/mol. The molecule has 1 heterocycles. The zero-order valence-electron chi connectivity index (χ0n) is 10.7. The molecule has 18 heavy (non-hydrogen) atoms. The average Bonchev–Trinajstić information content (AvgIpc) is 2.71. The number of nitrogens with zero attached hydrogens (tertiary/aromatic N) is 2. The van der Waals surface area contributed by atoms with Crippen molar-refractivity contribution in [2.75, 3.05) is 18.2 Å². The van der Waals surface area contributed by atoms with Crippen molar-refractivity contribution in [3.05, 3.63) is 16.2 Å². The maximum atomic E-state index is 11.5. The topological polar surface area (TPSA) is 80.5 Å². The van der Waals surface area contributed by atoms with Gasteiger partial charge in [0, 0.05) is 25.4 Å². The molecule has 0 aliphatic heterocycles. The highest BCUT2D eigenvalue weighted by atomic mass is 32.2. The molecule has 6 nitrogen and oxygen atoms in total. The lowest BCUT2D eigenvalue weighted by atomic mass is 10.2. The van der Waals surface area contributed by atoms with Crippen molar-refractivity contribution in [3.63, 3.8) is 0 Å².